The second kappa shape index (κ2) is 10.6. The van der Waals surface area contributed by atoms with Crippen molar-refractivity contribution in [3.8, 4) is 6.07 Å². The summed E-state index contributed by atoms with van der Waals surface area (Å²) in [5.41, 5.74) is 0.900. The fraction of sp³-hybridized carbons (Fsp3) is 0.480. The quantitative estimate of drug-likeness (QED) is 0.579. The average molecular weight is 438 g/mol. The predicted molar refractivity (Wildman–Crippen MR) is 124 cm³/mol. The number of likely N-dealkylation sites (N-methyl/N-ethyl adjacent to an activating group) is 2. The number of carbonyl (C=O) groups excluding carboxylic acids is 1. The summed E-state index contributed by atoms with van der Waals surface area (Å²) < 4.78 is 14.2. The van der Waals surface area contributed by atoms with Gasteiger partial charge in [0.05, 0.1) is 5.56 Å². The van der Waals surface area contributed by atoms with Gasteiger partial charge >= 0.3 is 0 Å². The number of carbonyl (C=O) groups is 1. The van der Waals surface area contributed by atoms with Crippen LogP contribution in [-0.4, -0.2) is 48.0 Å². The van der Waals surface area contributed by atoms with Crippen LogP contribution in [0, 0.1) is 17.1 Å². The molecule has 1 aliphatic rings. The highest BCUT2D eigenvalue weighted by Gasteiger charge is 2.45. The van der Waals surface area contributed by atoms with Gasteiger partial charge in [-0.2, -0.15) is 5.26 Å². The largest absolute Gasteiger partial charge is 0.352 e. The Hall–Kier alpha value is -2.98. The number of amides is 1. The molecular formula is C25H32FN5O. The smallest absolute Gasteiger partial charge is 0.223 e. The van der Waals surface area contributed by atoms with Crippen molar-refractivity contribution in [2.45, 2.75) is 51.6 Å². The van der Waals surface area contributed by atoms with Crippen molar-refractivity contribution in [1.29, 1.82) is 5.26 Å². The van der Waals surface area contributed by atoms with E-state index in [1.54, 1.807) is 18.3 Å². The lowest BCUT2D eigenvalue weighted by atomic mass is 10.0. The number of halogens is 1. The molecule has 0 radical (unpaired) electrons. The average Bonchev–Trinajstić information content (AvgIpc) is 3.59. The highest BCUT2D eigenvalue weighted by atomic mass is 19.1. The lowest BCUT2D eigenvalue weighted by Gasteiger charge is -2.33. The van der Waals surface area contributed by atoms with Crippen LogP contribution in [0.5, 0.6) is 0 Å². The fourth-order valence-electron chi connectivity index (χ4n) is 4.23. The van der Waals surface area contributed by atoms with Crippen molar-refractivity contribution in [3.63, 3.8) is 0 Å². The van der Waals surface area contributed by atoms with Crippen LogP contribution in [0.2, 0.25) is 0 Å². The molecule has 1 atom stereocenters. The van der Waals surface area contributed by atoms with E-state index in [1.165, 1.54) is 6.07 Å². The van der Waals surface area contributed by atoms with E-state index >= 15 is 0 Å². The molecule has 1 N–H and O–H groups in total. The first-order valence-electron chi connectivity index (χ1n) is 11.3. The lowest BCUT2D eigenvalue weighted by Crippen LogP contribution is -2.45. The zero-order valence-electron chi connectivity index (χ0n) is 19.1. The molecule has 1 fully saturated rings. The molecule has 1 aromatic carbocycles. The fourth-order valence-corrected chi connectivity index (χ4v) is 4.23. The molecule has 1 aliphatic carbocycles. The molecule has 32 heavy (non-hydrogen) atoms. The van der Waals surface area contributed by atoms with Crippen LogP contribution in [0.1, 0.15) is 51.2 Å². The minimum Gasteiger partial charge on any atom is -0.352 e. The predicted octanol–water partition coefficient (Wildman–Crippen LogP) is 3.82. The van der Waals surface area contributed by atoms with E-state index in [2.05, 4.69) is 35.1 Å². The van der Waals surface area contributed by atoms with Gasteiger partial charge in [0.25, 0.3) is 0 Å². The molecule has 1 heterocycles. The third-order valence-corrected chi connectivity index (χ3v) is 6.20. The number of aromatic nitrogens is 1. The van der Waals surface area contributed by atoms with Crippen LogP contribution < -0.4 is 10.2 Å². The van der Waals surface area contributed by atoms with Gasteiger partial charge in [0.15, 0.2) is 0 Å². The van der Waals surface area contributed by atoms with Crippen molar-refractivity contribution in [2.24, 2.45) is 0 Å². The lowest BCUT2D eigenvalue weighted by molar-refractivity contribution is -0.131. The Morgan fingerprint density at radius 3 is 2.56 bits per heavy atom. The zero-order valence-corrected chi connectivity index (χ0v) is 19.1. The number of nitrogens with one attached hydrogen (secondary N) is 1. The standard InChI is InChI=1S/C25H32FN5O/c1-4-30(18-19(3)31(5-2)23-11-10-20(16-27)17-28-23)24(32)12-15-29-25(13-14-25)21-8-6-7-9-22(21)26/h6-11,17,19,29H,4-5,12-15,18H2,1-3H3. The van der Waals surface area contributed by atoms with Gasteiger partial charge < -0.3 is 15.1 Å². The van der Waals surface area contributed by atoms with Crippen molar-refractivity contribution in [2.75, 3.05) is 31.1 Å². The molecule has 1 saturated carbocycles. The summed E-state index contributed by atoms with van der Waals surface area (Å²) in [5, 5.41) is 12.4. The summed E-state index contributed by atoms with van der Waals surface area (Å²) in [7, 11) is 0. The van der Waals surface area contributed by atoms with E-state index in [0.29, 0.717) is 37.2 Å². The Balaban J connectivity index is 1.54. The third kappa shape index (κ3) is 5.43. The SMILES string of the molecule is CCN(CC(C)N(CC)c1ccc(C#N)cn1)C(=O)CCNC1(c2ccccc2F)CC1. The van der Waals surface area contributed by atoms with Gasteiger partial charge in [0, 0.05) is 55.9 Å². The summed E-state index contributed by atoms with van der Waals surface area (Å²) in [4.78, 5) is 21.3. The first-order chi connectivity index (χ1) is 15.4. The maximum atomic E-state index is 14.2. The summed E-state index contributed by atoms with van der Waals surface area (Å²) >= 11 is 0. The Morgan fingerprint density at radius 1 is 1.25 bits per heavy atom. The van der Waals surface area contributed by atoms with Gasteiger partial charge in [0.2, 0.25) is 5.91 Å². The molecule has 0 bridgehead atoms. The van der Waals surface area contributed by atoms with Crippen LogP contribution in [0.25, 0.3) is 0 Å². The van der Waals surface area contributed by atoms with Crippen LogP contribution in [0.15, 0.2) is 42.6 Å². The monoisotopic (exact) mass is 437 g/mol. The molecule has 1 aromatic heterocycles. The topological polar surface area (TPSA) is 72.3 Å². The van der Waals surface area contributed by atoms with Crippen molar-refractivity contribution in [3.05, 3.63) is 59.5 Å². The number of nitriles is 1. The summed E-state index contributed by atoms with van der Waals surface area (Å²) in [5.74, 6) is 0.689. The minimum absolute atomic E-state index is 0.0745. The molecule has 7 heteroatoms. The van der Waals surface area contributed by atoms with Gasteiger partial charge in [0.1, 0.15) is 17.7 Å². The second-order valence-electron chi connectivity index (χ2n) is 8.32. The molecule has 170 valence electrons. The molecule has 2 aromatic rings. The van der Waals surface area contributed by atoms with Gasteiger partial charge in [-0.3, -0.25) is 4.79 Å². The molecule has 3 rings (SSSR count). The summed E-state index contributed by atoms with van der Waals surface area (Å²) in [6, 6.07) is 12.6. The molecule has 1 amide bonds. The number of pyridine rings is 1. The van der Waals surface area contributed by atoms with Crippen LogP contribution in [0.3, 0.4) is 0 Å². The maximum absolute atomic E-state index is 14.2. The Labute approximate surface area is 190 Å². The normalized spacial score (nSPS) is 15.0. The van der Waals surface area contributed by atoms with Crippen LogP contribution >= 0.6 is 0 Å². The van der Waals surface area contributed by atoms with Gasteiger partial charge in [-0.25, -0.2) is 9.37 Å². The van der Waals surface area contributed by atoms with E-state index in [-0.39, 0.29) is 23.3 Å². The first-order valence-corrected chi connectivity index (χ1v) is 11.3. The summed E-state index contributed by atoms with van der Waals surface area (Å²) in [6.45, 7) is 8.59. The Morgan fingerprint density at radius 2 is 2.00 bits per heavy atom. The number of anilines is 1. The minimum atomic E-state index is -0.323. The van der Waals surface area contributed by atoms with Crippen molar-refractivity contribution < 1.29 is 9.18 Å². The van der Waals surface area contributed by atoms with Crippen LogP contribution in [0.4, 0.5) is 10.2 Å². The number of hydrogen-bond donors (Lipinski definition) is 1. The first kappa shape index (κ1) is 23.7. The highest BCUT2D eigenvalue weighted by Crippen LogP contribution is 2.46. The molecule has 0 saturated heterocycles. The van der Waals surface area contributed by atoms with E-state index in [9.17, 15) is 9.18 Å². The molecule has 6 nitrogen and oxygen atoms in total. The van der Waals surface area contributed by atoms with Crippen molar-refractivity contribution >= 4 is 11.7 Å². The van der Waals surface area contributed by atoms with Gasteiger partial charge in [-0.1, -0.05) is 18.2 Å². The highest BCUT2D eigenvalue weighted by molar-refractivity contribution is 5.76. The van der Waals surface area contributed by atoms with Crippen LogP contribution in [-0.2, 0) is 10.3 Å². The third-order valence-electron chi connectivity index (χ3n) is 6.20. The Kier molecular flexibility index (Phi) is 7.81. The molecule has 0 spiro atoms. The Bertz CT molecular complexity index is 952. The van der Waals surface area contributed by atoms with E-state index in [4.69, 9.17) is 5.26 Å². The number of nitrogens with zero attached hydrogens (tertiary/aromatic N) is 4. The number of rotatable bonds is 11. The van der Waals surface area contributed by atoms with E-state index < -0.39 is 0 Å². The van der Waals surface area contributed by atoms with Gasteiger partial charge in [-0.15, -0.1) is 0 Å². The molecule has 1 unspecified atom stereocenters. The molecule has 0 aliphatic heterocycles. The van der Waals surface area contributed by atoms with Gasteiger partial charge in [-0.05, 0) is 51.8 Å². The zero-order chi connectivity index (χ0) is 23.1. The second-order valence-corrected chi connectivity index (χ2v) is 8.32. The van der Waals surface area contributed by atoms with E-state index in [1.807, 2.05) is 30.0 Å². The summed E-state index contributed by atoms with van der Waals surface area (Å²) in [6.07, 6.45) is 3.72. The van der Waals surface area contributed by atoms with Crippen molar-refractivity contribution in [1.82, 2.24) is 15.2 Å². The maximum Gasteiger partial charge on any atom is 0.223 e. The van der Waals surface area contributed by atoms with E-state index in [0.717, 1.165) is 25.2 Å². The molecular weight excluding hydrogens is 405 g/mol. The number of hydrogen-bond acceptors (Lipinski definition) is 5. The number of benzene rings is 1.